The quantitative estimate of drug-likeness (QED) is 0.742. The van der Waals surface area contributed by atoms with Gasteiger partial charge in [0.2, 0.25) is 15.9 Å². The second kappa shape index (κ2) is 6.04. The number of carbonyl (C=O) groups is 1. The Morgan fingerprint density at radius 1 is 1.52 bits per heavy atom. The smallest absolute Gasteiger partial charge is 0.244 e. The lowest BCUT2D eigenvalue weighted by Crippen LogP contribution is -2.50. The Balaban J connectivity index is 2.22. The zero-order valence-corrected chi connectivity index (χ0v) is 14.1. The van der Waals surface area contributed by atoms with Crippen LogP contribution in [0.4, 0.5) is 5.69 Å². The molecule has 0 aromatic heterocycles. The fourth-order valence-electron chi connectivity index (χ4n) is 2.48. The lowest BCUT2D eigenvalue weighted by atomic mass is 9.93. The molecule has 6 nitrogen and oxygen atoms in total. The Hall–Kier alpha value is -0.960. The highest BCUT2D eigenvalue weighted by Crippen LogP contribution is 2.29. The number of sulfonamides is 1. The number of rotatable bonds is 4. The maximum atomic E-state index is 12.5. The SMILES string of the molecule is CCC1(C(=O)Nc2ccc(S(N)(=O)=O)cc2Br)CCCN1. The van der Waals surface area contributed by atoms with Gasteiger partial charge in [-0.15, -0.1) is 0 Å². The molecule has 1 aromatic rings. The van der Waals surface area contributed by atoms with Gasteiger partial charge < -0.3 is 10.6 Å². The average molecular weight is 376 g/mol. The molecule has 1 aromatic carbocycles. The molecular weight excluding hydrogens is 358 g/mol. The van der Waals surface area contributed by atoms with Gasteiger partial charge in [0.05, 0.1) is 16.1 Å². The molecule has 1 aliphatic heterocycles. The van der Waals surface area contributed by atoms with Crippen LogP contribution in [0.1, 0.15) is 26.2 Å². The van der Waals surface area contributed by atoms with Gasteiger partial charge in [-0.3, -0.25) is 4.79 Å². The molecule has 116 valence electrons. The number of amides is 1. The monoisotopic (exact) mass is 375 g/mol. The molecule has 1 fully saturated rings. The molecule has 1 heterocycles. The molecule has 1 atom stereocenters. The van der Waals surface area contributed by atoms with E-state index in [0.29, 0.717) is 16.6 Å². The van der Waals surface area contributed by atoms with Crippen LogP contribution in [0.2, 0.25) is 0 Å². The molecule has 0 radical (unpaired) electrons. The summed E-state index contributed by atoms with van der Waals surface area (Å²) in [4.78, 5) is 12.5. The van der Waals surface area contributed by atoms with Crippen LogP contribution in [0, 0.1) is 0 Å². The van der Waals surface area contributed by atoms with Gasteiger partial charge in [-0.1, -0.05) is 6.92 Å². The van der Waals surface area contributed by atoms with Crippen molar-refractivity contribution in [3.63, 3.8) is 0 Å². The van der Waals surface area contributed by atoms with Crippen LogP contribution in [-0.4, -0.2) is 26.4 Å². The summed E-state index contributed by atoms with van der Waals surface area (Å²) in [6.07, 6.45) is 2.46. The molecular formula is C13H18BrN3O3S. The van der Waals surface area contributed by atoms with Crippen molar-refractivity contribution in [2.75, 3.05) is 11.9 Å². The molecule has 4 N–H and O–H groups in total. The summed E-state index contributed by atoms with van der Waals surface area (Å²) in [5.74, 6) is -0.105. The van der Waals surface area contributed by atoms with Crippen LogP contribution in [0.15, 0.2) is 27.6 Å². The molecule has 21 heavy (non-hydrogen) atoms. The summed E-state index contributed by atoms with van der Waals surface area (Å²) in [5.41, 5.74) is -0.0214. The number of carbonyl (C=O) groups excluding carboxylic acids is 1. The Morgan fingerprint density at radius 3 is 2.71 bits per heavy atom. The predicted molar refractivity (Wildman–Crippen MR) is 84.4 cm³/mol. The Bertz CT molecular complexity index is 655. The number of benzene rings is 1. The Morgan fingerprint density at radius 2 is 2.24 bits per heavy atom. The molecule has 0 aliphatic carbocycles. The highest BCUT2D eigenvalue weighted by Gasteiger charge is 2.39. The molecule has 1 aliphatic rings. The fraction of sp³-hybridized carbons (Fsp3) is 0.462. The van der Waals surface area contributed by atoms with E-state index < -0.39 is 15.6 Å². The zero-order chi connectivity index (χ0) is 15.7. The fourth-order valence-corrected chi connectivity index (χ4v) is 3.65. The van der Waals surface area contributed by atoms with Crippen molar-refractivity contribution in [1.29, 1.82) is 0 Å². The standard InChI is InChI=1S/C13H18BrN3O3S/c1-2-13(6-3-7-16-13)12(18)17-11-5-4-9(8-10(11)14)21(15,19)20/h4-5,8,16H,2-3,6-7H2,1H3,(H,17,18)(H2,15,19,20). The average Bonchev–Trinajstić information content (AvgIpc) is 2.90. The third-order valence-corrected chi connectivity index (χ3v) is 5.37. The van der Waals surface area contributed by atoms with Gasteiger partial charge in [-0.25, -0.2) is 13.6 Å². The Labute approximate surface area is 132 Å². The zero-order valence-electron chi connectivity index (χ0n) is 11.6. The third-order valence-electron chi connectivity index (χ3n) is 3.80. The summed E-state index contributed by atoms with van der Waals surface area (Å²) in [5, 5.41) is 11.2. The first-order chi connectivity index (χ1) is 9.78. The van der Waals surface area contributed by atoms with Gasteiger partial charge >= 0.3 is 0 Å². The maximum absolute atomic E-state index is 12.5. The van der Waals surface area contributed by atoms with Crippen molar-refractivity contribution in [2.24, 2.45) is 5.14 Å². The van der Waals surface area contributed by atoms with E-state index in [1.54, 1.807) is 0 Å². The number of hydrogen-bond acceptors (Lipinski definition) is 4. The van der Waals surface area contributed by atoms with E-state index in [4.69, 9.17) is 5.14 Å². The molecule has 1 unspecified atom stereocenters. The summed E-state index contributed by atoms with van der Waals surface area (Å²) >= 11 is 3.26. The first-order valence-corrected chi connectivity index (χ1v) is 9.01. The van der Waals surface area contributed by atoms with E-state index in [9.17, 15) is 13.2 Å². The van der Waals surface area contributed by atoms with E-state index in [1.807, 2.05) is 6.92 Å². The van der Waals surface area contributed by atoms with Crippen molar-refractivity contribution in [2.45, 2.75) is 36.6 Å². The van der Waals surface area contributed by atoms with Crippen molar-refractivity contribution in [3.05, 3.63) is 22.7 Å². The molecule has 0 spiro atoms. The van der Waals surface area contributed by atoms with Crippen LogP contribution in [0.3, 0.4) is 0 Å². The first kappa shape index (κ1) is 16.4. The predicted octanol–water partition coefficient (Wildman–Crippen LogP) is 1.57. The summed E-state index contributed by atoms with van der Waals surface area (Å²) in [6, 6.07) is 4.28. The van der Waals surface area contributed by atoms with Crippen LogP contribution >= 0.6 is 15.9 Å². The molecule has 1 amide bonds. The van der Waals surface area contributed by atoms with Crippen molar-refractivity contribution in [1.82, 2.24) is 5.32 Å². The lowest BCUT2D eigenvalue weighted by molar-refractivity contribution is -0.122. The number of halogens is 1. The lowest BCUT2D eigenvalue weighted by Gasteiger charge is -2.27. The van der Waals surface area contributed by atoms with E-state index >= 15 is 0 Å². The largest absolute Gasteiger partial charge is 0.323 e. The molecule has 8 heteroatoms. The number of primary sulfonamides is 1. The second-order valence-electron chi connectivity index (χ2n) is 5.11. The molecule has 1 saturated heterocycles. The minimum absolute atomic E-state index is 0.00318. The van der Waals surface area contributed by atoms with Crippen molar-refractivity contribution < 1.29 is 13.2 Å². The molecule has 0 bridgehead atoms. The number of hydrogen-bond donors (Lipinski definition) is 3. The summed E-state index contributed by atoms with van der Waals surface area (Å²) in [6.45, 7) is 2.80. The molecule has 0 saturated carbocycles. The topological polar surface area (TPSA) is 101 Å². The Kier molecular flexibility index (Phi) is 4.72. The van der Waals surface area contributed by atoms with Gasteiger partial charge in [0.1, 0.15) is 0 Å². The molecule has 2 rings (SSSR count). The minimum Gasteiger partial charge on any atom is -0.323 e. The summed E-state index contributed by atoms with van der Waals surface area (Å²) < 4.78 is 23.0. The number of nitrogens with two attached hydrogens (primary N) is 1. The van der Waals surface area contributed by atoms with E-state index in [-0.39, 0.29) is 10.8 Å². The number of nitrogens with one attached hydrogen (secondary N) is 2. The van der Waals surface area contributed by atoms with Gasteiger partial charge in [-0.2, -0.15) is 0 Å². The summed E-state index contributed by atoms with van der Waals surface area (Å²) in [7, 11) is -3.76. The van der Waals surface area contributed by atoms with Crippen LogP contribution in [0.5, 0.6) is 0 Å². The van der Waals surface area contributed by atoms with Gasteiger partial charge in [0.15, 0.2) is 0 Å². The van der Waals surface area contributed by atoms with Gasteiger partial charge in [0, 0.05) is 4.47 Å². The maximum Gasteiger partial charge on any atom is 0.244 e. The van der Waals surface area contributed by atoms with E-state index in [2.05, 4.69) is 26.6 Å². The van der Waals surface area contributed by atoms with Crippen LogP contribution in [0.25, 0.3) is 0 Å². The number of anilines is 1. The second-order valence-corrected chi connectivity index (χ2v) is 7.52. The van der Waals surface area contributed by atoms with Crippen LogP contribution in [-0.2, 0) is 14.8 Å². The highest BCUT2D eigenvalue weighted by molar-refractivity contribution is 9.10. The highest BCUT2D eigenvalue weighted by atomic mass is 79.9. The van der Waals surface area contributed by atoms with E-state index in [0.717, 1.165) is 19.4 Å². The normalized spacial score (nSPS) is 22.2. The minimum atomic E-state index is -3.76. The van der Waals surface area contributed by atoms with Crippen LogP contribution < -0.4 is 15.8 Å². The van der Waals surface area contributed by atoms with Gasteiger partial charge in [-0.05, 0) is 59.9 Å². The van der Waals surface area contributed by atoms with Crippen molar-refractivity contribution >= 4 is 37.5 Å². The van der Waals surface area contributed by atoms with Crippen molar-refractivity contribution in [3.8, 4) is 0 Å². The van der Waals surface area contributed by atoms with E-state index in [1.165, 1.54) is 18.2 Å². The third kappa shape index (κ3) is 3.45. The van der Waals surface area contributed by atoms with Gasteiger partial charge in [0.25, 0.3) is 0 Å². The first-order valence-electron chi connectivity index (χ1n) is 6.67.